The number of thioether (sulfide) groups is 1. The Morgan fingerprint density at radius 2 is 1.94 bits per heavy atom. The molecule has 8 heteroatoms. The molecule has 1 aliphatic rings. The molecule has 3 rings (SSSR count). The number of nitrogens with zero attached hydrogens (tertiary/aromatic N) is 3. The topological polar surface area (TPSA) is 88.9 Å². The lowest BCUT2D eigenvalue weighted by Gasteiger charge is -2.36. The zero-order chi connectivity index (χ0) is 22.3. The van der Waals surface area contributed by atoms with E-state index >= 15 is 0 Å². The monoisotopic (exact) mass is 443 g/mol. The highest BCUT2D eigenvalue weighted by atomic mass is 32.2. The molecule has 2 amide bonds. The van der Waals surface area contributed by atoms with E-state index < -0.39 is 5.54 Å². The first-order valence-corrected chi connectivity index (χ1v) is 12.1. The van der Waals surface area contributed by atoms with Crippen LogP contribution in [-0.2, 0) is 9.59 Å². The highest BCUT2D eigenvalue weighted by Gasteiger charge is 2.40. The molecule has 1 aromatic heterocycles. The van der Waals surface area contributed by atoms with E-state index in [-0.39, 0.29) is 17.6 Å². The van der Waals surface area contributed by atoms with Crippen molar-refractivity contribution in [2.45, 2.75) is 76.4 Å². The van der Waals surface area contributed by atoms with Gasteiger partial charge in [0, 0.05) is 12.2 Å². The minimum absolute atomic E-state index is 0.0442. The van der Waals surface area contributed by atoms with Crippen molar-refractivity contribution in [3.05, 3.63) is 35.7 Å². The molecule has 168 valence electrons. The summed E-state index contributed by atoms with van der Waals surface area (Å²) < 4.78 is 1.89. The van der Waals surface area contributed by atoms with E-state index in [1.165, 1.54) is 22.9 Å². The van der Waals surface area contributed by atoms with Gasteiger partial charge in [-0.2, -0.15) is 0 Å². The molecule has 1 fully saturated rings. The van der Waals surface area contributed by atoms with Gasteiger partial charge in [0.15, 0.2) is 5.16 Å². The van der Waals surface area contributed by atoms with Crippen LogP contribution in [0.4, 0.5) is 0 Å². The van der Waals surface area contributed by atoms with Crippen molar-refractivity contribution in [2.24, 2.45) is 0 Å². The molecular formula is C23H33N5O2S. The molecule has 0 radical (unpaired) electrons. The quantitative estimate of drug-likeness (QED) is 0.456. The lowest BCUT2D eigenvalue weighted by atomic mass is 9.80. The number of aryl methyl sites for hydroxylation is 2. The van der Waals surface area contributed by atoms with Gasteiger partial charge >= 0.3 is 0 Å². The van der Waals surface area contributed by atoms with Crippen molar-refractivity contribution >= 4 is 23.6 Å². The Morgan fingerprint density at radius 3 is 2.65 bits per heavy atom. The van der Waals surface area contributed by atoms with Crippen LogP contribution in [-0.4, -0.2) is 44.4 Å². The van der Waals surface area contributed by atoms with E-state index in [1.807, 2.05) is 10.6 Å². The van der Waals surface area contributed by atoms with E-state index in [0.717, 1.165) is 37.8 Å². The Bertz CT molecular complexity index is 905. The molecule has 1 heterocycles. The Kier molecular flexibility index (Phi) is 8.12. The maximum absolute atomic E-state index is 12.9. The normalized spacial score (nSPS) is 15.5. The predicted molar refractivity (Wildman–Crippen MR) is 123 cm³/mol. The van der Waals surface area contributed by atoms with Crippen LogP contribution >= 0.6 is 11.8 Å². The number of nitrogens with one attached hydrogen (secondary N) is 2. The molecule has 0 bridgehead atoms. The van der Waals surface area contributed by atoms with E-state index in [9.17, 15) is 9.59 Å². The van der Waals surface area contributed by atoms with Crippen LogP contribution in [0.2, 0.25) is 0 Å². The smallest absolute Gasteiger partial charge is 0.245 e. The summed E-state index contributed by atoms with van der Waals surface area (Å²) in [6.07, 6.45) is 8.03. The fourth-order valence-corrected chi connectivity index (χ4v) is 4.65. The number of rotatable bonds is 9. The molecule has 1 saturated carbocycles. The second-order valence-electron chi connectivity index (χ2n) is 8.34. The van der Waals surface area contributed by atoms with E-state index in [0.29, 0.717) is 24.5 Å². The molecule has 0 aliphatic heterocycles. The zero-order valence-electron chi connectivity index (χ0n) is 18.7. The van der Waals surface area contributed by atoms with Crippen LogP contribution in [0.1, 0.15) is 63.0 Å². The highest BCUT2D eigenvalue weighted by Crippen LogP contribution is 2.29. The number of hydrogen-bond acceptors (Lipinski definition) is 5. The number of aromatic nitrogens is 3. The minimum atomic E-state index is -0.786. The molecule has 1 aromatic carbocycles. The summed E-state index contributed by atoms with van der Waals surface area (Å²) in [6.45, 7) is 6.89. The number of benzene rings is 1. The summed E-state index contributed by atoms with van der Waals surface area (Å²) in [4.78, 5) is 25.7. The van der Waals surface area contributed by atoms with Crippen LogP contribution in [0.3, 0.4) is 0 Å². The zero-order valence-corrected chi connectivity index (χ0v) is 19.6. The van der Waals surface area contributed by atoms with E-state index in [1.54, 1.807) is 6.33 Å². The number of carbonyl (C=O) groups excluding carboxylic acids is 2. The van der Waals surface area contributed by atoms with Crippen molar-refractivity contribution in [3.63, 3.8) is 0 Å². The maximum atomic E-state index is 12.9. The fraction of sp³-hybridized carbons (Fsp3) is 0.565. The van der Waals surface area contributed by atoms with Gasteiger partial charge in [0.25, 0.3) is 0 Å². The van der Waals surface area contributed by atoms with Crippen molar-refractivity contribution < 1.29 is 9.59 Å². The molecule has 0 spiro atoms. The van der Waals surface area contributed by atoms with Crippen LogP contribution in [0.15, 0.2) is 29.7 Å². The van der Waals surface area contributed by atoms with Crippen LogP contribution in [0.5, 0.6) is 0 Å². The first-order chi connectivity index (χ1) is 14.9. The summed E-state index contributed by atoms with van der Waals surface area (Å²) in [5, 5.41) is 15.0. The Labute approximate surface area is 188 Å². The number of hydrogen-bond donors (Lipinski definition) is 2. The van der Waals surface area contributed by atoms with Gasteiger partial charge in [-0.25, -0.2) is 0 Å². The Hall–Kier alpha value is -2.35. The molecule has 0 unspecified atom stereocenters. The first-order valence-electron chi connectivity index (χ1n) is 11.1. The first kappa shape index (κ1) is 23.3. The predicted octanol–water partition coefficient (Wildman–Crippen LogP) is 3.71. The molecule has 7 nitrogen and oxygen atoms in total. The Balaban J connectivity index is 1.64. The van der Waals surface area contributed by atoms with Crippen molar-refractivity contribution in [1.29, 1.82) is 0 Å². The Morgan fingerprint density at radius 1 is 1.16 bits per heavy atom. The van der Waals surface area contributed by atoms with Gasteiger partial charge in [-0.1, -0.05) is 50.4 Å². The molecule has 0 saturated heterocycles. The third-order valence-corrected chi connectivity index (χ3v) is 6.90. The number of carbonyl (C=O) groups is 2. The van der Waals surface area contributed by atoms with Gasteiger partial charge in [-0.15, -0.1) is 10.2 Å². The largest absolute Gasteiger partial charge is 0.354 e. The van der Waals surface area contributed by atoms with Crippen LogP contribution in [0.25, 0.3) is 5.69 Å². The summed E-state index contributed by atoms with van der Waals surface area (Å²) in [7, 11) is 0. The molecular weight excluding hydrogens is 410 g/mol. The van der Waals surface area contributed by atoms with Crippen molar-refractivity contribution in [3.8, 4) is 5.69 Å². The molecule has 31 heavy (non-hydrogen) atoms. The second-order valence-corrected chi connectivity index (χ2v) is 9.28. The second kappa shape index (κ2) is 10.8. The third-order valence-electron chi connectivity index (χ3n) is 5.95. The molecule has 0 atom stereocenters. The van der Waals surface area contributed by atoms with Gasteiger partial charge in [0.05, 0.1) is 5.75 Å². The molecule has 2 N–H and O–H groups in total. The SMILES string of the molecule is CCCCNC(=O)C1(NC(=O)CSc2nncn2-c2ccc(C)c(C)c2)CCCCC1. The summed E-state index contributed by atoms with van der Waals surface area (Å²) in [5.74, 6) is -0.00228. The lowest BCUT2D eigenvalue weighted by molar-refractivity contribution is -0.134. The molecule has 2 aromatic rings. The van der Waals surface area contributed by atoms with E-state index in [4.69, 9.17) is 0 Å². The lowest BCUT2D eigenvalue weighted by Crippen LogP contribution is -2.60. The van der Waals surface area contributed by atoms with Gasteiger partial charge in [0.2, 0.25) is 11.8 Å². The van der Waals surface area contributed by atoms with Crippen LogP contribution < -0.4 is 10.6 Å². The molecule has 1 aliphatic carbocycles. The van der Waals surface area contributed by atoms with Gasteiger partial charge in [-0.05, 0) is 56.4 Å². The van der Waals surface area contributed by atoms with Crippen molar-refractivity contribution in [1.82, 2.24) is 25.4 Å². The standard InChI is InChI=1S/C23H33N5O2S/c1-4-5-13-24-21(30)23(11-7-6-8-12-23)26-20(29)15-31-22-27-25-16-28(22)19-10-9-17(2)18(3)14-19/h9-10,14,16H,4-8,11-13,15H2,1-3H3,(H,24,30)(H,26,29). The van der Waals surface area contributed by atoms with Crippen molar-refractivity contribution in [2.75, 3.05) is 12.3 Å². The minimum Gasteiger partial charge on any atom is -0.354 e. The number of unbranched alkanes of at least 4 members (excludes halogenated alkanes) is 1. The average Bonchev–Trinajstić information content (AvgIpc) is 3.23. The highest BCUT2D eigenvalue weighted by molar-refractivity contribution is 7.99. The summed E-state index contributed by atoms with van der Waals surface area (Å²) >= 11 is 1.33. The average molecular weight is 444 g/mol. The van der Waals surface area contributed by atoms with Crippen LogP contribution in [0, 0.1) is 13.8 Å². The summed E-state index contributed by atoms with van der Waals surface area (Å²) in [6, 6.07) is 6.17. The number of amides is 2. The fourth-order valence-electron chi connectivity index (χ4n) is 3.92. The third kappa shape index (κ3) is 5.87. The summed E-state index contributed by atoms with van der Waals surface area (Å²) in [5.41, 5.74) is 2.59. The van der Waals surface area contributed by atoms with Gasteiger partial charge in [0.1, 0.15) is 11.9 Å². The van der Waals surface area contributed by atoms with Gasteiger partial charge in [-0.3, -0.25) is 14.2 Å². The van der Waals surface area contributed by atoms with Gasteiger partial charge < -0.3 is 10.6 Å². The maximum Gasteiger partial charge on any atom is 0.245 e. The van der Waals surface area contributed by atoms with E-state index in [2.05, 4.69) is 53.7 Å².